The quantitative estimate of drug-likeness (QED) is 0.0383. The van der Waals surface area contributed by atoms with Crippen LogP contribution in [0.3, 0.4) is 0 Å². The average Bonchev–Trinajstić information content (AvgIpc) is 3.06. The maximum Gasteiger partial charge on any atom is 0.344 e. The molecule has 0 aromatic heterocycles. The molecule has 0 radical (unpaired) electrons. The zero-order chi connectivity index (χ0) is 33.4. The van der Waals surface area contributed by atoms with Gasteiger partial charge in [-0.25, -0.2) is 4.79 Å². The minimum Gasteiger partial charge on any atom is -0.463 e. The molecule has 0 aromatic carbocycles. The van der Waals surface area contributed by atoms with Crippen molar-refractivity contribution in [2.24, 2.45) is 0 Å². The van der Waals surface area contributed by atoms with Crippen LogP contribution < -0.4 is 0 Å². The van der Waals surface area contributed by atoms with E-state index < -0.39 is 5.97 Å². The van der Waals surface area contributed by atoms with Gasteiger partial charge in [0.25, 0.3) is 0 Å². The van der Waals surface area contributed by atoms with Crippen LogP contribution in [0, 0.1) is 0 Å². The summed E-state index contributed by atoms with van der Waals surface area (Å²) in [5.41, 5.74) is 0. The first-order valence-corrected chi connectivity index (χ1v) is 20.3. The summed E-state index contributed by atoms with van der Waals surface area (Å²) in [6, 6.07) is 0. The summed E-state index contributed by atoms with van der Waals surface area (Å²) in [6.45, 7) is 4.72. The van der Waals surface area contributed by atoms with Crippen molar-refractivity contribution < 1.29 is 19.1 Å². The Morgan fingerprint density at radius 2 is 0.696 bits per heavy atom. The van der Waals surface area contributed by atoms with Gasteiger partial charge in [0, 0.05) is 6.42 Å². The Kier molecular flexibility index (Phi) is 38.2. The molecule has 0 saturated heterocycles. The lowest BCUT2D eigenvalue weighted by atomic mass is 10.1. The van der Waals surface area contributed by atoms with Crippen LogP contribution in [0.25, 0.3) is 0 Å². The van der Waals surface area contributed by atoms with E-state index in [-0.39, 0.29) is 12.6 Å². The van der Waals surface area contributed by atoms with Crippen LogP contribution in [0.1, 0.15) is 219 Å². The van der Waals surface area contributed by atoms with Crippen molar-refractivity contribution in [3.05, 3.63) is 24.3 Å². The van der Waals surface area contributed by atoms with Crippen LogP contribution in [0.5, 0.6) is 0 Å². The van der Waals surface area contributed by atoms with Crippen molar-refractivity contribution in [3.63, 3.8) is 0 Å². The molecule has 0 bridgehead atoms. The van der Waals surface area contributed by atoms with E-state index in [2.05, 4.69) is 38.2 Å². The third-order valence-electron chi connectivity index (χ3n) is 8.91. The van der Waals surface area contributed by atoms with Gasteiger partial charge in [0.2, 0.25) is 0 Å². The van der Waals surface area contributed by atoms with E-state index in [1.807, 2.05) is 0 Å². The SMILES string of the molecule is CCCCCCCC/C=C\CCCCCCCCCCCCOC(=O)COC(=O)CCCCCCC/C=C\CCCCCCCC. The van der Waals surface area contributed by atoms with Gasteiger partial charge in [0.05, 0.1) is 6.61 Å². The summed E-state index contributed by atoms with van der Waals surface area (Å²) in [7, 11) is 0. The van der Waals surface area contributed by atoms with Crippen LogP contribution in [-0.4, -0.2) is 25.2 Å². The first-order valence-electron chi connectivity index (χ1n) is 20.3. The molecule has 270 valence electrons. The highest BCUT2D eigenvalue weighted by Gasteiger charge is 2.08. The highest BCUT2D eigenvalue weighted by Crippen LogP contribution is 2.13. The van der Waals surface area contributed by atoms with Crippen molar-refractivity contribution in [1.82, 2.24) is 0 Å². The summed E-state index contributed by atoms with van der Waals surface area (Å²) in [5, 5.41) is 0. The van der Waals surface area contributed by atoms with Gasteiger partial charge < -0.3 is 9.47 Å². The van der Waals surface area contributed by atoms with Gasteiger partial charge in [0.15, 0.2) is 6.61 Å². The summed E-state index contributed by atoms with van der Waals surface area (Å²) in [5.74, 6) is -0.712. The summed E-state index contributed by atoms with van der Waals surface area (Å²) in [6.07, 6.45) is 49.2. The smallest absolute Gasteiger partial charge is 0.344 e. The summed E-state index contributed by atoms with van der Waals surface area (Å²) >= 11 is 0. The molecule has 0 spiro atoms. The molecule has 0 rings (SSSR count). The normalized spacial score (nSPS) is 11.6. The molecule has 0 amide bonds. The number of esters is 2. The molecule has 0 heterocycles. The van der Waals surface area contributed by atoms with Crippen LogP contribution in [0.2, 0.25) is 0 Å². The molecule has 46 heavy (non-hydrogen) atoms. The molecule has 0 saturated carbocycles. The fraction of sp³-hybridized carbons (Fsp3) is 0.857. The van der Waals surface area contributed by atoms with E-state index in [1.165, 1.54) is 161 Å². The van der Waals surface area contributed by atoms with E-state index in [9.17, 15) is 9.59 Å². The predicted octanol–water partition coefficient (Wildman–Crippen LogP) is 13.7. The van der Waals surface area contributed by atoms with Crippen molar-refractivity contribution >= 4 is 11.9 Å². The van der Waals surface area contributed by atoms with Gasteiger partial charge in [-0.15, -0.1) is 0 Å². The van der Waals surface area contributed by atoms with Crippen LogP contribution in [0.15, 0.2) is 24.3 Å². The van der Waals surface area contributed by atoms with Crippen molar-refractivity contribution in [2.45, 2.75) is 219 Å². The highest BCUT2D eigenvalue weighted by molar-refractivity contribution is 5.76. The van der Waals surface area contributed by atoms with E-state index in [0.29, 0.717) is 13.0 Å². The number of allylic oxidation sites excluding steroid dienone is 4. The second-order valence-electron chi connectivity index (χ2n) is 13.6. The molecule has 0 fully saturated rings. The molecular formula is C42H78O4. The first kappa shape index (κ1) is 44.4. The number of carbonyl (C=O) groups is 2. The zero-order valence-electron chi connectivity index (χ0n) is 31.0. The molecule has 0 aliphatic rings. The monoisotopic (exact) mass is 647 g/mol. The minimum atomic E-state index is -0.425. The molecule has 4 heteroatoms. The van der Waals surface area contributed by atoms with Gasteiger partial charge in [0.1, 0.15) is 0 Å². The van der Waals surface area contributed by atoms with Crippen LogP contribution in [-0.2, 0) is 19.1 Å². The molecule has 0 aromatic rings. The second-order valence-corrected chi connectivity index (χ2v) is 13.6. The maximum atomic E-state index is 11.9. The van der Waals surface area contributed by atoms with Crippen molar-refractivity contribution in [2.75, 3.05) is 13.2 Å². The molecule has 0 N–H and O–H groups in total. The number of carbonyl (C=O) groups excluding carboxylic acids is 2. The Morgan fingerprint density at radius 3 is 1.09 bits per heavy atom. The fourth-order valence-electron chi connectivity index (χ4n) is 5.84. The predicted molar refractivity (Wildman–Crippen MR) is 199 cm³/mol. The van der Waals surface area contributed by atoms with Gasteiger partial charge >= 0.3 is 11.9 Å². The standard InChI is InChI=1S/C42H78O4/c1-3-5-7-9-11-13-15-17-19-20-21-22-23-25-27-29-31-33-35-37-39-45-42(44)40-46-41(43)38-36-34-32-30-28-26-24-18-16-14-12-10-8-6-4-2/h17-19,24H,3-16,20-23,25-40H2,1-2H3/b19-17-,24-18-. The number of unbranched alkanes of at least 4 members (excludes halogenated alkanes) is 27. The van der Waals surface area contributed by atoms with E-state index in [4.69, 9.17) is 9.47 Å². The second kappa shape index (κ2) is 39.6. The van der Waals surface area contributed by atoms with Crippen molar-refractivity contribution in [1.29, 1.82) is 0 Å². The van der Waals surface area contributed by atoms with E-state index in [1.54, 1.807) is 0 Å². The maximum absolute atomic E-state index is 11.9. The lowest BCUT2D eigenvalue weighted by Crippen LogP contribution is -2.16. The van der Waals surface area contributed by atoms with Gasteiger partial charge in [-0.1, -0.05) is 173 Å². The third kappa shape index (κ3) is 38.6. The Balaban J connectivity index is 3.31. The number of ether oxygens (including phenoxy) is 2. The summed E-state index contributed by atoms with van der Waals surface area (Å²) in [4.78, 5) is 23.8. The largest absolute Gasteiger partial charge is 0.463 e. The molecule has 4 nitrogen and oxygen atoms in total. The Bertz CT molecular complexity index is 683. The highest BCUT2D eigenvalue weighted by atomic mass is 16.6. The van der Waals surface area contributed by atoms with Gasteiger partial charge in [-0.2, -0.15) is 0 Å². The topological polar surface area (TPSA) is 52.6 Å². The Morgan fingerprint density at radius 1 is 0.370 bits per heavy atom. The third-order valence-corrected chi connectivity index (χ3v) is 8.91. The zero-order valence-corrected chi connectivity index (χ0v) is 31.0. The molecule has 0 atom stereocenters. The number of hydrogen-bond acceptors (Lipinski definition) is 4. The molecule has 0 aliphatic heterocycles. The number of hydrogen-bond donors (Lipinski definition) is 0. The molecule has 0 unspecified atom stereocenters. The lowest BCUT2D eigenvalue weighted by Gasteiger charge is -2.06. The molecular weight excluding hydrogens is 568 g/mol. The fourth-order valence-corrected chi connectivity index (χ4v) is 5.84. The van der Waals surface area contributed by atoms with E-state index in [0.717, 1.165) is 38.5 Å². The van der Waals surface area contributed by atoms with E-state index >= 15 is 0 Å². The first-order chi connectivity index (χ1) is 22.7. The van der Waals surface area contributed by atoms with Crippen molar-refractivity contribution in [3.8, 4) is 0 Å². The van der Waals surface area contributed by atoms with Gasteiger partial charge in [-0.05, 0) is 64.2 Å². The Labute approximate surface area is 287 Å². The van der Waals surface area contributed by atoms with Crippen LogP contribution in [0.4, 0.5) is 0 Å². The number of rotatable bonds is 37. The lowest BCUT2D eigenvalue weighted by molar-refractivity contribution is -0.158. The van der Waals surface area contributed by atoms with Gasteiger partial charge in [-0.3, -0.25) is 4.79 Å². The average molecular weight is 647 g/mol. The minimum absolute atomic E-state index is 0.251. The van der Waals surface area contributed by atoms with Crippen LogP contribution >= 0.6 is 0 Å². The Hall–Kier alpha value is -1.58. The summed E-state index contributed by atoms with van der Waals surface area (Å²) < 4.78 is 10.3. The molecule has 0 aliphatic carbocycles.